The van der Waals surface area contributed by atoms with Crippen LogP contribution in [-0.4, -0.2) is 17.8 Å². The van der Waals surface area contributed by atoms with Crippen molar-refractivity contribution in [2.45, 2.75) is 6.36 Å². The number of halogens is 3. The molecule has 1 aromatic carbocycles. The molecule has 0 spiro atoms. The summed E-state index contributed by atoms with van der Waals surface area (Å²) in [5, 5.41) is 9.26. The fourth-order valence-corrected chi connectivity index (χ4v) is 1.01. The number of aldehydes is 1. The minimum Gasteiger partial charge on any atom is -0.507 e. The summed E-state index contributed by atoms with van der Waals surface area (Å²) in [6.45, 7) is 0. The van der Waals surface area contributed by atoms with Gasteiger partial charge in [0.1, 0.15) is 17.8 Å². The number of carbonyl (C=O) groups is 1. The molecule has 0 fully saturated rings. The summed E-state index contributed by atoms with van der Waals surface area (Å²) in [4.78, 5) is 10.0. The number of benzene rings is 1. The topological polar surface area (TPSA) is 46.5 Å². The molecule has 0 aliphatic rings. The summed E-state index contributed by atoms with van der Waals surface area (Å²) in [5.41, 5.74) is 0.0638. The zero-order valence-corrected chi connectivity index (χ0v) is 7.86. The van der Waals surface area contributed by atoms with Gasteiger partial charge in [0.15, 0.2) is 0 Å². The highest BCUT2D eigenvalue weighted by atomic mass is 19.4. The number of hydrogen-bond donors (Lipinski definition) is 1. The van der Waals surface area contributed by atoms with Crippen LogP contribution < -0.4 is 4.74 Å². The van der Waals surface area contributed by atoms with Crippen LogP contribution in [0.5, 0.6) is 11.5 Å². The molecule has 0 aliphatic carbocycles. The molecule has 6 heteroatoms. The van der Waals surface area contributed by atoms with E-state index in [2.05, 4.69) is 4.74 Å². The number of allylic oxidation sites excluding steroid dienone is 1. The first-order chi connectivity index (χ1) is 7.42. The van der Waals surface area contributed by atoms with Gasteiger partial charge in [-0.2, -0.15) is 0 Å². The number of phenolic OH excluding ortho intramolecular Hbond substituents is 1. The van der Waals surface area contributed by atoms with E-state index in [4.69, 9.17) is 0 Å². The van der Waals surface area contributed by atoms with E-state index in [1.165, 1.54) is 6.08 Å². The van der Waals surface area contributed by atoms with Gasteiger partial charge in [-0.15, -0.1) is 13.2 Å². The van der Waals surface area contributed by atoms with E-state index in [9.17, 15) is 23.1 Å². The van der Waals surface area contributed by atoms with Crippen LogP contribution >= 0.6 is 0 Å². The van der Waals surface area contributed by atoms with Crippen molar-refractivity contribution in [2.75, 3.05) is 0 Å². The van der Waals surface area contributed by atoms with Crippen LogP contribution in [-0.2, 0) is 4.79 Å². The van der Waals surface area contributed by atoms with Gasteiger partial charge in [-0.3, -0.25) is 4.79 Å². The molecule has 0 aliphatic heterocycles. The normalized spacial score (nSPS) is 11.7. The molecule has 0 saturated heterocycles. The summed E-state index contributed by atoms with van der Waals surface area (Å²) < 4.78 is 39.2. The first-order valence-electron chi connectivity index (χ1n) is 4.13. The quantitative estimate of drug-likeness (QED) is 0.643. The van der Waals surface area contributed by atoms with Crippen LogP contribution in [0.4, 0.5) is 13.2 Å². The van der Waals surface area contributed by atoms with Gasteiger partial charge in [-0.25, -0.2) is 0 Å². The molecule has 0 atom stereocenters. The highest BCUT2D eigenvalue weighted by Gasteiger charge is 2.31. The van der Waals surface area contributed by atoms with E-state index >= 15 is 0 Å². The van der Waals surface area contributed by atoms with Gasteiger partial charge in [-0.1, -0.05) is 0 Å². The minimum absolute atomic E-state index is 0.0638. The lowest BCUT2D eigenvalue weighted by Gasteiger charge is -2.09. The number of hydrogen-bond acceptors (Lipinski definition) is 3. The van der Waals surface area contributed by atoms with Crippen molar-refractivity contribution in [3.05, 3.63) is 29.8 Å². The summed E-state index contributed by atoms with van der Waals surface area (Å²) >= 11 is 0. The van der Waals surface area contributed by atoms with Crippen molar-refractivity contribution in [2.24, 2.45) is 0 Å². The first-order valence-corrected chi connectivity index (χ1v) is 4.13. The molecular formula is C10H7F3O3. The molecule has 0 amide bonds. The van der Waals surface area contributed by atoms with E-state index in [1.807, 2.05) is 0 Å². The largest absolute Gasteiger partial charge is 0.573 e. The maximum absolute atomic E-state index is 11.9. The number of aromatic hydroxyl groups is 1. The maximum atomic E-state index is 11.9. The van der Waals surface area contributed by atoms with Crippen molar-refractivity contribution >= 4 is 12.4 Å². The Kier molecular flexibility index (Phi) is 3.55. The van der Waals surface area contributed by atoms with Gasteiger partial charge in [0.25, 0.3) is 0 Å². The van der Waals surface area contributed by atoms with Gasteiger partial charge < -0.3 is 9.84 Å². The molecule has 1 N–H and O–H groups in total. The predicted octanol–water partition coefficient (Wildman–Crippen LogP) is 2.50. The molecule has 16 heavy (non-hydrogen) atoms. The number of ether oxygens (including phenoxy) is 1. The molecule has 0 radical (unpaired) electrons. The monoisotopic (exact) mass is 232 g/mol. The third kappa shape index (κ3) is 3.64. The summed E-state index contributed by atoms with van der Waals surface area (Å²) in [6, 6.07) is 3.00. The van der Waals surface area contributed by atoms with Crippen LogP contribution in [0, 0.1) is 0 Å². The van der Waals surface area contributed by atoms with Gasteiger partial charge in [-0.05, 0) is 30.4 Å². The minimum atomic E-state index is -4.79. The van der Waals surface area contributed by atoms with Crippen molar-refractivity contribution in [1.29, 1.82) is 0 Å². The molecule has 0 bridgehead atoms. The Morgan fingerprint density at radius 1 is 1.31 bits per heavy atom. The third-order valence-electron chi connectivity index (χ3n) is 1.59. The maximum Gasteiger partial charge on any atom is 0.573 e. The summed E-state index contributed by atoms with van der Waals surface area (Å²) in [6.07, 6.45) is -2.13. The number of alkyl halides is 3. The number of phenols is 1. The van der Waals surface area contributed by atoms with Gasteiger partial charge in [0.2, 0.25) is 0 Å². The Labute approximate surface area is 88.8 Å². The Bertz CT molecular complexity index is 410. The van der Waals surface area contributed by atoms with Crippen molar-refractivity contribution < 1.29 is 27.8 Å². The zero-order chi connectivity index (χ0) is 12.2. The van der Waals surface area contributed by atoms with E-state index in [0.29, 0.717) is 6.29 Å². The van der Waals surface area contributed by atoms with Crippen molar-refractivity contribution in [3.8, 4) is 11.5 Å². The molecular weight excluding hydrogens is 225 g/mol. The summed E-state index contributed by atoms with van der Waals surface area (Å²) in [5.74, 6) is -0.705. The number of carbonyl (C=O) groups excluding carboxylic acids is 1. The molecule has 3 nitrogen and oxygen atoms in total. The fourth-order valence-electron chi connectivity index (χ4n) is 1.01. The van der Waals surface area contributed by atoms with Crippen LogP contribution in [0.15, 0.2) is 24.3 Å². The molecule has 1 rings (SSSR count). The molecule has 86 valence electrons. The average molecular weight is 232 g/mol. The highest BCUT2D eigenvalue weighted by molar-refractivity contribution is 5.75. The van der Waals surface area contributed by atoms with Crippen molar-refractivity contribution in [1.82, 2.24) is 0 Å². The van der Waals surface area contributed by atoms with Crippen LogP contribution in [0.1, 0.15) is 5.56 Å². The molecule has 0 unspecified atom stereocenters. The second kappa shape index (κ2) is 4.69. The Hall–Kier alpha value is -1.98. The van der Waals surface area contributed by atoms with E-state index in [-0.39, 0.29) is 11.3 Å². The molecule has 1 aromatic rings. The van der Waals surface area contributed by atoms with Gasteiger partial charge in [0, 0.05) is 5.56 Å². The standard InChI is InChI=1S/C10H7F3O3/c11-10(12,13)16-8-3-4-9(15)7(6-8)2-1-5-14/h1-6,15H. The first kappa shape index (κ1) is 12.1. The van der Waals surface area contributed by atoms with E-state index in [0.717, 1.165) is 24.3 Å². The SMILES string of the molecule is O=CC=Cc1cc(OC(F)(F)F)ccc1O. The Balaban J connectivity index is 2.98. The lowest BCUT2D eigenvalue weighted by atomic mass is 10.2. The molecule has 0 saturated carbocycles. The molecule has 0 heterocycles. The van der Waals surface area contributed by atoms with E-state index in [1.54, 1.807) is 0 Å². The predicted molar refractivity (Wildman–Crippen MR) is 49.9 cm³/mol. The van der Waals surface area contributed by atoms with Crippen LogP contribution in [0.2, 0.25) is 0 Å². The van der Waals surface area contributed by atoms with Gasteiger partial charge in [0.05, 0.1) is 0 Å². The Morgan fingerprint density at radius 2 is 2.00 bits per heavy atom. The third-order valence-corrected chi connectivity index (χ3v) is 1.59. The second-order valence-electron chi connectivity index (χ2n) is 2.76. The summed E-state index contributed by atoms with van der Waals surface area (Å²) in [7, 11) is 0. The smallest absolute Gasteiger partial charge is 0.507 e. The van der Waals surface area contributed by atoms with E-state index < -0.39 is 12.1 Å². The second-order valence-corrected chi connectivity index (χ2v) is 2.76. The van der Waals surface area contributed by atoms with Crippen molar-refractivity contribution in [3.63, 3.8) is 0 Å². The van der Waals surface area contributed by atoms with Gasteiger partial charge >= 0.3 is 6.36 Å². The number of rotatable bonds is 3. The van der Waals surface area contributed by atoms with Crippen LogP contribution in [0.25, 0.3) is 6.08 Å². The molecule has 0 aromatic heterocycles. The highest BCUT2D eigenvalue weighted by Crippen LogP contribution is 2.28. The van der Waals surface area contributed by atoms with Crippen LogP contribution in [0.3, 0.4) is 0 Å². The zero-order valence-electron chi connectivity index (χ0n) is 7.86. The lowest BCUT2D eigenvalue weighted by molar-refractivity contribution is -0.274. The Morgan fingerprint density at radius 3 is 2.56 bits per heavy atom. The lowest BCUT2D eigenvalue weighted by Crippen LogP contribution is -2.17. The average Bonchev–Trinajstić information content (AvgIpc) is 2.17. The fraction of sp³-hybridized carbons (Fsp3) is 0.100.